The second kappa shape index (κ2) is 5.27. The van der Waals surface area contributed by atoms with Crippen molar-refractivity contribution in [3.8, 4) is 0 Å². The Bertz CT molecular complexity index is 572. The van der Waals surface area contributed by atoms with E-state index in [1.54, 1.807) is 18.2 Å². The van der Waals surface area contributed by atoms with E-state index in [4.69, 9.17) is 5.73 Å². The van der Waals surface area contributed by atoms with Crippen molar-refractivity contribution in [3.05, 3.63) is 59.5 Å². The summed E-state index contributed by atoms with van der Waals surface area (Å²) in [7, 11) is 0. The number of carbonyl (C=O) groups excluding carboxylic acids is 1. The minimum Gasteiger partial charge on any atom is -0.384 e. The number of benzene rings is 1. The average molecular weight is 245 g/mol. The molecule has 1 heterocycles. The molecule has 1 aromatic carbocycles. The lowest BCUT2D eigenvalue weighted by Gasteiger charge is -2.05. The molecule has 5 heteroatoms. The van der Waals surface area contributed by atoms with E-state index in [0.29, 0.717) is 11.1 Å². The summed E-state index contributed by atoms with van der Waals surface area (Å²) in [6, 6.07) is 9.12. The first-order valence-electron chi connectivity index (χ1n) is 5.39. The molecule has 3 N–H and O–H groups in total. The lowest BCUT2D eigenvalue weighted by atomic mass is 10.2. The van der Waals surface area contributed by atoms with Crippen molar-refractivity contribution in [3.63, 3.8) is 0 Å². The minimum atomic E-state index is -0.324. The molecule has 0 saturated heterocycles. The highest BCUT2D eigenvalue weighted by molar-refractivity contribution is 5.94. The Hall–Kier alpha value is -2.43. The third kappa shape index (κ3) is 3.04. The van der Waals surface area contributed by atoms with Gasteiger partial charge in [-0.1, -0.05) is 12.1 Å². The molecular weight excluding hydrogens is 233 g/mol. The smallest absolute Gasteiger partial charge is 0.251 e. The van der Waals surface area contributed by atoms with Crippen LogP contribution in [0.15, 0.2) is 42.6 Å². The molecule has 2 rings (SSSR count). The molecule has 2 aromatic rings. The van der Waals surface area contributed by atoms with E-state index in [9.17, 15) is 9.18 Å². The summed E-state index contributed by atoms with van der Waals surface area (Å²) in [4.78, 5) is 15.6. The predicted molar refractivity (Wildman–Crippen MR) is 66.2 cm³/mol. The fourth-order valence-electron chi connectivity index (χ4n) is 1.52. The number of pyridine rings is 1. The molecule has 0 aliphatic rings. The van der Waals surface area contributed by atoms with Crippen LogP contribution in [0.5, 0.6) is 0 Å². The third-order valence-electron chi connectivity index (χ3n) is 2.39. The zero-order chi connectivity index (χ0) is 13.0. The lowest BCUT2D eigenvalue weighted by molar-refractivity contribution is 0.0951. The van der Waals surface area contributed by atoms with Crippen molar-refractivity contribution in [1.29, 1.82) is 0 Å². The summed E-state index contributed by atoms with van der Waals surface area (Å²) in [5.41, 5.74) is 6.61. The van der Waals surface area contributed by atoms with Gasteiger partial charge in [-0.3, -0.25) is 4.79 Å². The molecule has 18 heavy (non-hydrogen) atoms. The molecule has 0 aliphatic carbocycles. The van der Waals surface area contributed by atoms with Crippen molar-refractivity contribution in [2.45, 2.75) is 6.54 Å². The monoisotopic (exact) mass is 245 g/mol. The second-order valence-corrected chi connectivity index (χ2v) is 3.78. The van der Waals surface area contributed by atoms with Crippen LogP contribution < -0.4 is 11.1 Å². The highest BCUT2D eigenvalue weighted by Gasteiger charge is 2.05. The lowest BCUT2D eigenvalue weighted by Crippen LogP contribution is -2.23. The van der Waals surface area contributed by atoms with Gasteiger partial charge in [-0.25, -0.2) is 9.37 Å². The number of anilines is 1. The van der Waals surface area contributed by atoms with E-state index in [-0.39, 0.29) is 24.1 Å². The first-order valence-corrected chi connectivity index (χ1v) is 5.39. The first-order chi connectivity index (χ1) is 8.65. The van der Waals surface area contributed by atoms with Gasteiger partial charge in [0.15, 0.2) is 0 Å². The number of nitrogen functional groups attached to an aromatic ring is 1. The van der Waals surface area contributed by atoms with Gasteiger partial charge in [-0.2, -0.15) is 0 Å². The summed E-state index contributed by atoms with van der Waals surface area (Å²) in [6.07, 6.45) is 1.46. The Labute approximate surface area is 104 Å². The number of nitrogens with two attached hydrogens (primary N) is 1. The minimum absolute atomic E-state index is 0.263. The number of aromatic nitrogens is 1. The summed E-state index contributed by atoms with van der Waals surface area (Å²) in [6.45, 7) is 0.263. The number of nitrogens with one attached hydrogen (secondary N) is 1. The fourth-order valence-corrected chi connectivity index (χ4v) is 1.52. The highest BCUT2D eigenvalue weighted by atomic mass is 19.1. The molecule has 0 spiro atoms. The summed E-state index contributed by atoms with van der Waals surface area (Å²) in [5, 5.41) is 2.68. The Balaban J connectivity index is 2.00. The fraction of sp³-hybridized carbons (Fsp3) is 0.0769. The van der Waals surface area contributed by atoms with Crippen LogP contribution in [0.1, 0.15) is 15.9 Å². The molecule has 4 nitrogen and oxygen atoms in total. The van der Waals surface area contributed by atoms with Gasteiger partial charge in [0.1, 0.15) is 11.6 Å². The van der Waals surface area contributed by atoms with Crippen LogP contribution in [0.2, 0.25) is 0 Å². The molecule has 1 amide bonds. The SMILES string of the molecule is Nc1cc(C(=O)NCc2cccc(F)c2)ccn1. The molecular formula is C13H12FN3O. The summed E-state index contributed by atoms with van der Waals surface area (Å²) >= 11 is 0. The Morgan fingerprint density at radius 3 is 2.89 bits per heavy atom. The van der Waals surface area contributed by atoms with Crippen molar-refractivity contribution >= 4 is 11.7 Å². The maximum absolute atomic E-state index is 12.9. The largest absolute Gasteiger partial charge is 0.384 e. The number of rotatable bonds is 3. The standard InChI is InChI=1S/C13H12FN3O/c14-11-3-1-2-9(6-11)8-17-13(18)10-4-5-16-12(15)7-10/h1-7H,8H2,(H2,15,16)(H,17,18). The highest BCUT2D eigenvalue weighted by Crippen LogP contribution is 2.05. The van der Waals surface area contributed by atoms with Crippen LogP contribution in [0.4, 0.5) is 10.2 Å². The van der Waals surface area contributed by atoms with Gasteiger partial charge >= 0.3 is 0 Å². The molecule has 0 saturated carbocycles. The number of hydrogen-bond acceptors (Lipinski definition) is 3. The second-order valence-electron chi connectivity index (χ2n) is 3.78. The van der Waals surface area contributed by atoms with E-state index in [0.717, 1.165) is 0 Å². The van der Waals surface area contributed by atoms with Crippen molar-refractivity contribution < 1.29 is 9.18 Å². The van der Waals surface area contributed by atoms with E-state index in [1.807, 2.05) is 0 Å². The third-order valence-corrected chi connectivity index (χ3v) is 2.39. The van der Waals surface area contributed by atoms with E-state index >= 15 is 0 Å². The van der Waals surface area contributed by atoms with Gasteiger partial charge in [0.25, 0.3) is 5.91 Å². The number of amides is 1. The topological polar surface area (TPSA) is 68.0 Å². The van der Waals surface area contributed by atoms with Crippen LogP contribution in [0.25, 0.3) is 0 Å². The van der Waals surface area contributed by atoms with Gasteiger partial charge in [0.2, 0.25) is 0 Å². The molecule has 0 aliphatic heterocycles. The van der Waals surface area contributed by atoms with Crippen LogP contribution in [0, 0.1) is 5.82 Å². The van der Waals surface area contributed by atoms with Crippen LogP contribution >= 0.6 is 0 Å². The van der Waals surface area contributed by atoms with E-state index in [2.05, 4.69) is 10.3 Å². The number of hydrogen-bond donors (Lipinski definition) is 2. The number of carbonyl (C=O) groups is 1. The quantitative estimate of drug-likeness (QED) is 0.865. The maximum Gasteiger partial charge on any atom is 0.251 e. The van der Waals surface area contributed by atoms with E-state index in [1.165, 1.54) is 24.4 Å². The Kier molecular flexibility index (Phi) is 3.52. The maximum atomic E-state index is 12.9. The molecule has 0 fully saturated rings. The van der Waals surface area contributed by atoms with Crippen LogP contribution in [-0.4, -0.2) is 10.9 Å². The Morgan fingerprint density at radius 2 is 2.17 bits per heavy atom. The normalized spacial score (nSPS) is 10.1. The molecule has 92 valence electrons. The zero-order valence-corrected chi connectivity index (χ0v) is 9.56. The predicted octanol–water partition coefficient (Wildman–Crippen LogP) is 1.73. The molecule has 0 bridgehead atoms. The Morgan fingerprint density at radius 1 is 1.33 bits per heavy atom. The number of halogens is 1. The average Bonchev–Trinajstić information content (AvgIpc) is 2.36. The van der Waals surface area contributed by atoms with Crippen molar-refractivity contribution in [2.24, 2.45) is 0 Å². The van der Waals surface area contributed by atoms with Gasteiger partial charge in [0, 0.05) is 18.3 Å². The number of nitrogens with zero attached hydrogens (tertiary/aromatic N) is 1. The van der Waals surface area contributed by atoms with Crippen molar-refractivity contribution in [1.82, 2.24) is 10.3 Å². The molecule has 1 aromatic heterocycles. The van der Waals surface area contributed by atoms with Crippen molar-refractivity contribution in [2.75, 3.05) is 5.73 Å². The zero-order valence-electron chi connectivity index (χ0n) is 9.56. The van der Waals surface area contributed by atoms with Gasteiger partial charge in [-0.05, 0) is 29.8 Å². The van der Waals surface area contributed by atoms with Gasteiger partial charge < -0.3 is 11.1 Å². The van der Waals surface area contributed by atoms with Gasteiger partial charge in [0.05, 0.1) is 0 Å². The van der Waals surface area contributed by atoms with Crippen LogP contribution in [-0.2, 0) is 6.54 Å². The summed E-state index contributed by atoms with van der Waals surface area (Å²) in [5.74, 6) is -0.309. The molecule has 0 atom stereocenters. The van der Waals surface area contributed by atoms with E-state index < -0.39 is 0 Å². The molecule has 0 unspecified atom stereocenters. The first kappa shape index (κ1) is 12.0. The van der Waals surface area contributed by atoms with Crippen LogP contribution in [0.3, 0.4) is 0 Å². The summed E-state index contributed by atoms with van der Waals surface area (Å²) < 4.78 is 12.9. The van der Waals surface area contributed by atoms with Gasteiger partial charge in [-0.15, -0.1) is 0 Å². The molecule has 0 radical (unpaired) electrons.